The number of benzene rings is 1. The van der Waals surface area contributed by atoms with Crippen LogP contribution in [0.5, 0.6) is 0 Å². The van der Waals surface area contributed by atoms with E-state index in [0.717, 1.165) is 50.6 Å². The van der Waals surface area contributed by atoms with E-state index in [1.165, 1.54) is 16.2 Å². The molecule has 2 saturated heterocycles. The number of imide groups is 1. The van der Waals surface area contributed by atoms with Crippen LogP contribution in [0.2, 0.25) is 0 Å². The van der Waals surface area contributed by atoms with Crippen molar-refractivity contribution in [3.05, 3.63) is 29.8 Å². The van der Waals surface area contributed by atoms with Gasteiger partial charge in [0.25, 0.3) is 5.91 Å². The molecule has 0 bridgehead atoms. The minimum absolute atomic E-state index is 0.0425. The maximum absolute atomic E-state index is 13.3. The molecule has 0 radical (unpaired) electrons. The van der Waals surface area contributed by atoms with Crippen LogP contribution in [-0.4, -0.2) is 62.4 Å². The second-order valence-corrected chi connectivity index (χ2v) is 10.7. The normalized spacial score (nSPS) is 29.4. The van der Waals surface area contributed by atoms with Crippen molar-refractivity contribution >= 4 is 17.6 Å². The van der Waals surface area contributed by atoms with Gasteiger partial charge in [-0.3, -0.25) is 4.79 Å². The van der Waals surface area contributed by atoms with Crippen molar-refractivity contribution in [2.24, 2.45) is 11.3 Å². The van der Waals surface area contributed by atoms with Crippen LogP contribution in [0.3, 0.4) is 0 Å². The van der Waals surface area contributed by atoms with E-state index in [1.54, 1.807) is 0 Å². The maximum Gasteiger partial charge on any atom is 0.329 e. The molecule has 3 amide bonds. The number of quaternary nitrogens is 1. The summed E-state index contributed by atoms with van der Waals surface area (Å²) in [6.45, 7) is 11.1. The molecule has 4 rings (SSSR count). The lowest BCUT2D eigenvalue weighted by Gasteiger charge is -2.43. The fourth-order valence-electron chi connectivity index (χ4n) is 5.97. The minimum atomic E-state index is -0.724. The molecule has 3 fully saturated rings. The molecule has 2 heterocycles. The van der Waals surface area contributed by atoms with E-state index in [-0.39, 0.29) is 17.4 Å². The lowest BCUT2D eigenvalue weighted by atomic mass is 9.64. The average Bonchev–Trinajstić information content (AvgIpc) is 2.91. The molecule has 1 unspecified atom stereocenters. The van der Waals surface area contributed by atoms with Crippen LogP contribution in [0.15, 0.2) is 24.3 Å². The number of carbonyl (C=O) groups is 2. The van der Waals surface area contributed by atoms with E-state index in [4.69, 9.17) is 4.74 Å². The van der Waals surface area contributed by atoms with E-state index in [9.17, 15) is 9.59 Å². The van der Waals surface area contributed by atoms with Gasteiger partial charge in [0.15, 0.2) is 6.67 Å². The monoisotopic (exact) mass is 429 g/mol. The summed E-state index contributed by atoms with van der Waals surface area (Å²) < 4.78 is 5.43. The summed E-state index contributed by atoms with van der Waals surface area (Å²) in [7, 11) is 2.04. The zero-order chi connectivity index (χ0) is 22.2. The van der Waals surface area contributed by atoms with Crippen LogP contribution >= 0.6 is 0 Å². The number of rotatable bonds is 5. The Morgan fingerprint density at radius 1 is 1.13 bits per heavy atom. The first-order valence-electron chi connectivity index (χ1n) is 11.5. The van der Waals surface area contributed by atoms with Gasteiger partial charge in [-0.1, -0.05) is 32.9 Å². The Balaban J connectivity index is 1.37. The predicted octanol–water partition coefficient (Wildman–Crippen LogP) is 1.63. The molecule has 170 valence electrons. The Kier molecular flexibility index (Phi) is 6.01. The lowest BCUT2D eigenvalue weighted by molar-refractivity contribution is -0.901. The van der Waals surface area contributed by atoms with Crippen molar-refractivity contribution in [1.29, 1.82) is 0 Å². The third kappa shape index (κ3) is 4.72. The highest BCUT2D eigenvalue weighted by atomic mass is 16.5. The van der Waals surface area contributed by atoms with Gasteiger partial charge in [0.2, 0.25) is 0 Å². The first kappa shape index (κ1) is 22.1. The Labute approximate surface area is 185 Å². The molecule has 1 aliphatic carbocycles. The van der Waals surface area contributed by atoms with E-state index in [0.29, 0.717) is 19.0 Å². The van der Waals surface area contributed by atoms with Gasteiger partial charge < -0.3 is 19.9 Å². The van der Waals surface area contributed by atoms with Crippen molar-refractivity contribution in [3.8, 4) is 0 Å². The summed E-state index contributed by atoms with van der Waals surface area (Å²) in [4.78, 5) is 31.0. The summed E-state index contributed by atoms with van der Waals surface area (Å²) in [5, 5.41) is 3.08. The first-order chi connectivity index (χ1) is 14.7. The van der Waals surface area contributed by atoms with Crippen molar-refractivity contribution in [3.63, 3.8) is 0 Å². The van der Waals surface area contributed by atoms with Gasteiger partial charge in [0.1, 0.15) is 12.1 Å². The molecule has 7 nitrogen and oxygen atoms in total. The molecular formula is C24H37N4O3+. The molecule has 31 heavy (non-hydrogen) atoms. The number of nitrogens with one attached hydrogen (secondary N) is 2. The molecule has 1 aromatic carbocycles. The Morgan fingerprint density at radius 3 is 2.45 bits per heavy atom. The van der Waals surface area contributed by atoms with Crippen molar-refractivity contribution in [2.45, 2.75) is 52.1 Å². The topological polar surface area (TPSA) is 66.3 Å². The minimum Gasteiger partial charge on any atom is -0.378 e. The summed E-state index contributed by atoms with van der Waals surface area (Å²) in [6.07, 6.45) is 2.54. The summed E-state index contributed by atoms with van der Waals surface area (Å²) in [6, 6.07) is 8.36. The van der Waals surface area contributed by atoms with Crippen molar-refractivity contribution in [1.82, 2.24) is 10.2 Å². The number of ether oxygens (including phenoxy) is 1. The number of urea groups is 1. The number of nitrogens with zero attached hydrogens (tertiary/aromatic N) is 2. The van der Waals surface area contributed by atoms with E-state index >= 15 is 0 Å². The van der Waals surface area contributed by atoms with Gasteiger partial charge in [-0.25, -0.2) is 9.69 Å². The zero-order valence-corrected chi connectivity index (χ0v) is 19.4. The average molecular weight is 430 g/mol. The summed E-state index contributed by atoms with van der Waals surface area (Å²) >= 11 is 0. The molecule has 1 aromatic rings. The Bertz CT molecular complexity index is 819. The third-order valence-electron chi connectivity index (χ3n) is 6.87. The summed E-state index contributed by atoms with van der Waals surface area (Å²) in [5.41, 5.74) is 1.74. The first-order valence-corrected chi connectivity index (χ1v) is 11.5. The lowest BCUT2D eigenvalue weighted by Crippen LogP contribution is -3.09. The van der Waals surface area contributed by atoms with Gasteiger partial charge in [0.05, 0.1) is 20.3 Å². The number of hydrogen-bond donors (Lipinski definition) is 2. The van der Waals surface area contributed by atoms with Crippen LogP contribution in [0, 0.1) is 11.3 Å². The second-order valence-electron chi connectivity index (χ2n) is 10.7. The molecule has 3 aliphatic rings. The fourth-order valence-corrected chi connectivity index (χ4v) is 5.97. The molecule has 2 aliphatic heterocycles. The van der Waals surface area contributed by atoms with E-state index in [1.807, 2.05) is 7.05 Å². The number of hydrogen-bond acceptors (Lipinski definition) is 4. The van der Waals surface area contributed by atoms with E-state index < -0.39 is 5.54 Å². The van der Waals surface area contributed by atoms with Crippen LogP contribution in [0.25, 0.3) is 0 Å². The van der Waals surface area contributed by atoms with Crippen molar-refractivity contribution < 1.29 is 19.2 Å². The summed E-state index contributed by atoms with van der Waals surface area (Å²) in [5.74, 6) is 0.377. The van der Waals surface area contributed by atoms with Gasteiger partial charge in [-0.15, -0.1) is 0 Å². The standard InChI is InChI=1S/C24H36N4O3/c1-18-13-23(2,3)16-24(14-18)21(29)28(22(30)25-24)17-26(4)15-19-5-7-20(8-6-19)27-9-11-31-12-10-27/h5-8,18H,9-17H2,1-4H3,(H,25,30)/p+1/t18-,24-/m1/s1. The fraction of sp³-hybridized carbons (Fsp3) is 0.667. The smallest absolute Gasteiger partial charge is 0.329 e. The highest BCUT2D eigenvalue weighted by molar-refractivity contribution is 6.07. The molecule has 2 N–H and O–H groups in total. The van der Waals surface area contributed by atoms with E-state index in [2.05, 4.69) is 55.3 Å². The zero-order valence-electron chi connectivity index (χ0n) is 19.4. The van der Waals surface area contributed by atoms with Crippen LogP contribution in [0.1, 0.15) is 45.6 Å². The molecular weight excluding hydrogens is 392 g/mol. The number of anilines is 1. The largest absolute Gasteiger partial charge is 0.378 e. The molecule has 3 atom stereocenters. The van der Waals surface area contributed by atoms with Gasteiger partial charge in [-0.05, 0) is 42.7 Å². The SMILES string of the molecule is C[C@@H]1CC(C)(C)C[C@@]2(C1)NC(=O)N(C[NH+](C)Cc1ccc(N3CCOCC3)cc1)C2=O. The highest BCUT2D eigenvalue weighted by Crippen LogP contribution is 2.46. The Hall–Kier alpha value is -2.12. The number of morpholine rings is 1. The maximum atomic E-state index is 13.3. The van der Waals surface area contributed by atoms with Crippen LogP contribution in [0.4, 0.5) is 10.5 Å². The molecule has 1 saturated carbocycles. The van der Waals surface area contributed by atoms with Gasteiger partial charge in [-0.2, -0.15) is 0 Å². The van der Waals surface area contributed by atoms with Crippen LogP contribution < -0.4 is 15.1 Å². The number of amides is 3. The van der Waals surface area contributed by atoms with Gasteiger partial charge in [0, 0.05) is 24.3 Å². The Morgan fingerprint density at radius 2 is 1.81 bits per heavy atom. The molecule has 7 heteroatoms. The molecule has 1 spiro atoms. The van der Waals surface area contributed by atoms with Gasteiger partial charge >= 0.3 is 6.03 Å². The number of carbonyl (C=O) groups excluding carboxylic acids is 2. The van der Waals surface area contributed by atoms with Crippen LogP contribution in [-0.2, 0) is 16.1 Å². The quantitative estimate of drug-likeness (QED) is 0.699. The highest BCUT2D eigenvalue weighted by Gasteiger charge is 2.56. The molecule has 0 aromatic heterocycles. The predicted molar refractivity (Wildman–Crippen MR) is 120 cm³/mol. The second kappa shape index (κ2) is 8.43. The third-order valence-corrected chi connectivity index (χ3v) is 6.87. The van der Waals surface area contributed by atoms with Crippen molar-refractivity contribution in [2.75, 3.05) is 44.9 Å².